The fourth-order valence-corrected chi connectivity index (χ4v) is 3.85. The summed E-state index contributed by atoms with van der Waals surface area (Å²) in [5.74, 6) is 0. The molecule has 0 fully saturated rings. The molecule has 0 bridgehead atoms. The van der Waals surface area contributed by atoms with Crippen molar-refractivity contribution >= 4 is 11.6 Å². The fraction of sp³-hybridized carbons (Fsp3) is 0.320. The van der Waals surface area contributed by atoms with Gasteiger partial charge in [0.05, 0.1) is 33.6 Å². The van der Waals surface area contributed by atoms with E-state index in [0.29, 0.717) is 17.1 Å². The number of rotatable bonds is 7. The van der Waals surface area contributed by atoms with Crippen LogP contribution in [-0.4, -0.2) is 14.9 Å². The van der Waals surface area contributed by atoms with Gasteiger partial charge in [-0.3, -0.25) is 14.9 Å². The number of nitriles is 1. The Labute approximate surface area is 184 Å². The van der Waals surface area contributed by atoms with E-state index in [1.54, 1.807) is 6.20 Å². The number of nitrogens with zero attached hydrogens (tertiary/aromatic N) is 4. The van der Waals surface area contributed by atoms with Crippen molar-refractivity contribution in [1.29, 1.82) is 5.26 Å². The van der Waals surface area contributed by atoms with Crippen LogP contribution in [0.15, 0.2) is 54.9 Å². The summed E-state index contributed by atoms with van der Waals surface area (Å²) >= 11 is 6.12. The third-order valence-corrected chi connectivity index (χ3v) is 5.86. The number of aromatic nitrogens is 2. The number of hydrogen-bond donors (Lipinski definition) is 0. The van der Waals surface area contributed by atoms with Gasteiger partial charge in [-0.2, -0.15) is 5.26 Å². The van der Waals surface area contributed by atoms with Crippen molar-refractivity contribution < 1.29 is 0 Å². The summed E-state index contributed by atoms with van der Waals surface area (Å²) in [4.78, 5) is 11.6. The highest BCUT2D eigenvalue weighted by Gasteiger charge is 2.31. The van der Waals surface area contributed by atoms with E-state index >= 15 is 0 Å². The van der Waals surface area contributed by atoms with Crippen LogP contribution in [0.5, 0.6) is 0 Å². The second kappa shape index (κ2) is 9.38. The first-order chi connectivity index (χ1) is 14.3. The van der Waals surface area contributed by atoms with Gasteiger partial charge in [0.25, 0.3) is 0 Å². The molecule has 0 amide bonds. The molecular formula is C25H27ClN4. The van der Waals surface area contributed by atoms with E-state index in [1.165, 1.54) is 11.1 Å². The van der Waals surface area contributed by atoms with Crippen LogP contribution in [-0.2, 0) is 25.0 Å². The first-order valence-corrected chi connectivity index (χ1v) is 10.5. The normalized spacial score (nSPS) is 11.5. The van der Waals surface area contributed by atoms with E-state index in [2.05, 4.69) is 53.8 Å². The second-order valence-electron chi connectivity index (χ2n) is 8.00. The molecule has 2 heterocycles. The lowest BCUT2D eigenvalue weighted by Gasteiger charge is -2.38. The highest BCUT2D eigenvalue weighted by atomic mass is 35.5. The Morgan fingerprint density at radius 1 is 1.07 bits per heavy atom. The minimum Gasteiger partial charge on any atom is -0.283 e. The van der Waals surface area contributed by atoms with Crippen molar-refractivity contribution in [3.8, 4) is 6.07 Å². The predicted molar refractivity (Wildman–Crippen MR) is 121 cm³/mol. The van der Waals surface area contributed by atoms with E-state index in [-0.39, 0.29) is 5.54 Å². The van der Waals surface area contributed by atoms with Crippen LogP contribution in [0.1, 0.15) is 54.4 Å². The van der Waals surface area contributed by atoms with Gasteiger partial charge in [0.15, 0.2) is 0 Å². The van der Waals surface area contributed by atoms with Crippen LogP contribution in [0.4, 0.5) is 0 Å². The number of benzene rings is 1. The van der Waals surface area contributed by atoms with Crippen molar-refractivity contribution in [3.05, 3.63) is 93.5 Å². The molecule has 5 heteroatoms. The van der Waals surface area contributed by atoms with Gasteiger partial charge < -0.3 is 0 Å². The van der Waals surface area contributed by atoms with E-state index in [1.807, 2.05) is 43.5 Å². The number of aryl methyl sites for hydroxylation is 2. The second-order valence-corrected chi connectivity index (χ2v) is 8.43. The minimum absolute atomic E-state index is 0.325. The molecule has 154 valence electrons. The molecule has 0 aliphatic rings. The van der Waals surface area contributed by atoms with Gasteiger partial charge in [0, 0.05) is 25.5 Å². The molecule has 3 rings (SSSR count). The molecule has 0 saturated heterocycles. The molecule has 0 aliphatic heterocycles. The van der Waals surface area contributed by atoms with E-state index in [0.717, 1.165) is 29.9 Å². The Morgan fingerprint density at radius 2 is 1.87 bits per heavy atom. The van der Waals surface area contributed by atoms with Crippen LogP contribution in [0.2, 0.25) is 5.02 Å². The number of pyridine rings is 2. The highest BCUT2D eigenvalue weighted by Crippen LogP contribution is 2.31. The Hall–Kier alpha value is -2.74. The van der Waals surface area contributed by atoms with Gasteiger partial charge in [-0.1, -0.05) is 30.7 Å². The lowest BCUT2D eigenvalue weighted by atomic mass is 9.94. The van der Waals surface area contributed by atoms with Crippen molar-refractivity contribution in [1.82, 2.24) is 14.9 Å². The topological polar surface area (TPSA) is 52.8 Å². The molecule has 3 aromatic rings. The minimum atomic E-state index is -0.325. The predicted octanol–water partition coefficient (Wildman–Crippen LogP) is 5.81. The summed E-state index contributed by atoms with van der Waals surface area (Å²) in [7, 11) is 0. The van der Waals surface area contributed by atoms with Crippen LogP contribution < -0.4 is 0 Å². The SMILES string of the molecule is CCc1cc(C#N)ccc1CN(Cc1ncc(Cl)cc1C)C(C)(C)c1ccccn1. The lowest BCUT2D eigenvalue weighted by Crippen LogP contribution is -2.41. The summed E-state index contributed by atoms with van der Waals surface area (Å²) in [5.41, 5.74) is 5.84. The summed E-state index contributed by atoms with van der Waals surface area (Å²) in [6.45, 7) is 9.93. The molecule has 0 atom stereocenters. The zero-order valence-electron chi connectivity index (χ0n) is 18.0. The van der Waals surface area contributed by atoms with Crippen LogP contribution in [0.3, 0.4) is 0 Å². The maximum Gasteiger partial charge on any atom is 0.0991 e. The first kappa shape index (κ1) is 22.0. The molecule has 0 radical (unpaired) electrons. The Balaban J connectivity index is 2.02. The molecule has 4 nitrogen and oxygen atoms in total. The molecular weight excluding hydrogens is 392 g/mol. The molecule has 30 heavy (non-hydrogen) atoms. The number of halogens is 1. The van der Waals surface area contributed by atoms with Gasteiger partial charge in [-0.05, 0) is 74.2 Å². The summed E-state index contributed by atoms with van der Waals surface area (Å²) < 4.78 is 0. The van der Waals surface area contributed by atoms with Crippen LogP contribution in [0, 0.1) is 18.3 Å². The molecule has 0 spiro atoms. The van der Waals surface area contributed by atoms with Gasteiger partial charge in [-0.15, -0.1) is 0 Å². The quantitative estimate of drug-likeness (QED) is 0.485. The first-order valence-electron chi connectivity index (χ1n) is 10.1. The molecule has 0 N–H and O–H groups in total. The van der Waals surface area contributed by atoms with Crippen molar-refractivity contribution in [2.24, 2.45) is 0 Å². The van der Waals surface area contributed by atoms with Crippen LogP contribution in [0.25, 0.3) is 0 Å². The van der Waals surface area contributed by atoms with Crippen LogP contribution >= 0.6 is 11.6 Å². The average Bonchev–Trinajstić information content (AvgIpc) is 2.75. The summed E-state index contributed by atoms with van der Waals surface area (Å²) in [6.07, 6.45) is 4.41. The smallest absolute Gasteiger partial charge is 0.0991 e. The fourth-order valence-electron chi connectivity index (χ4n) is 3.64. The average molecular weight is 419 g/mol. The Morgan fingerprint density at radius 3 is 2.50 bits per heavy atom. The van der Waals surface area contributed by atoms with E-state index < -0.39 is 0 Å². The van der Waals surface area contributed by atoms with E-state index in [4.69, 9.17) is 11.6 Å². The van der Waals surface area contributed by atoms with E-state index in [9.17, 15) is 5.26 Å². The van der Waals surface area contributed by atoms with Gasteiger partial charge >= 0.3 is 0 Å². The standard InChI is InChI=1S/C25H27ClN4/c1-5-20-13-19(14-27)9-10-21(20)16-30(17-23-18(2)12-22(26)15-29-23)25(3,4)24-8-6-7-11-28-24/h6-13,15H,5,16-17H2,1-4H3. The summed E-state index contributed by atoms with van der Waals surface area (Å²) in [5, 5.41) is 9.91. The van der Waals surface area contributed by atoms with Crippen molar-refractivity contribution in [2.75, 3.05) is 0 Å². The molecule has 0 aliphatic carbocycles. The third kappa shape index (κ3) is 4.87. The molecule has 0 unspecified atom stereocenters. The highest BCUT2D eigenvalue weighted by molar-refractivity contribution is 6.30. The Bertz CT molecular complexity index is 1050. The molecule has 1 aromatic carbocycles. The zero-order valence-corrected chi connectivity index (χ0v) is 18.7. The molecule has 0 saturated carbocycles. The summed E-state index contributed by atoms with van der Waals surface area (Å²) in [6, 6.07) is 16.2. The van der Waals surface area contributed by atoms with Crippen molar-refractivity contribution in [3.63, 3.8) is 0 Å². The monoisotopic (exact) mass is 418 g/mol. The largest absolute Gasteiger partial charge is 0.283 e. The Kier molecular flexibility index (Phi) is 6.87. The van der Waals surface area contributed by atoms with Gasteiger partial charge in [0.1, 0.15) is 0 Å². The molecule has 2 aromatic heterocycles. The third-order valence-electron chi connectivity index (χ3n) is 5.65. The van der Waals surface area contributed by atoms with Crippen molar-refractivity contribution in [2.45, 2.75) is 52.7 Å². The van der Waals surface area contributed by atoms with Gasteiger partial charge in [-0.25, -0.2) is 0 Å². The lowest BCUT2D eigenvalue weighted by molar-refractivity contribution is 0.0946. The maximum absolute atomic E-state index is 9.27. The zero-order chi connectivity index (χ0) is 21.7. The number of hydrogen-bond acceptors (Lipinski definition) is 4. The maximum atomic E-state index is 9.27. The van der Waals surface area contributed by atoms with Gasteiger partial charge in [0.2, 0.25) is 0 Å².